The summed E-state index contributed by atoms with van der Waals surface area (Å²) in [7, 11) is 0. The van der Waals surface area contributed by atoms with Crippen LogP contribution in [-0.2, 0) is 0 Å². The molecule has 6 heteroatoms. The normalized spacial score (nSPS) is 11.5. The van der Waals surface area contributed by atoms with E-state index in [0.29, 0.717) is 0 Å². The Morgan fingerprint density at radius 1 is 0.137 bits per heavy atom. The van der Waals surface area contributed by atoms with Crippen LogP contribution < -0.4 is 16.0 Å². The van der Waals surface area contributed by atoms with Gasteiger partial charge in [0.1, 0.15) is 0 Å². The van der Waals surface area contributed by atoms with Gasteiger partial charge in [-0.15, -0.1) is 34.0 Å². The van der Waals surface area contributed by atoms with E-state index in [0.717, 1.165) is 34.1 Å². The van der Waals surface area contributed by atoms with Crippen molar-refractivity contribution >= 4 is 204 Å². The Labute approximate surface area is 730 Å². The van der Waals surface area contributed by atoms with E-state index in [4.69, 9.17) is 0 Å². The molecular weight excluding hydrogens is 1560 g/mol. The maximum absolute atomic E-state index is 3.75. The van der Waals surface area contributed by atoms with Crippen LogP contribution in [0.25, 0.3) is 203 Å². The lowest BCUT2D eigenvalue weighted by Gasteiger charge is -2.16. The van der Waals surface area contributed by atoms with Gasteiger partial charge in [-0.25, -0.2) is 0 Å². The zero-order valence-corrected chi connectivity index (χ0v) is 69.9. The van der Waals surface area contributed by atoms with Crippen LogP contribution in [0.15, 0.2) is 449 Å². The van der Waals surface area contributed by atoms with Gasteiger partial charge in [-0.1, -0.05) is 328 Å². The zero-order valence-electron chi connectivity index (χ0n) is 67.4. The van der Waals surface area contributed by atoms with Crippen molar-refractivity contribution in [1.82, 2.24) is 0 Å². The highest BCUT2D eigenvalue weighted by atomic mass is 32.1. The van der Waals surface area contributed by atoms with Crippen molar-refractivity contribution in [1.29, 1.82) is 0 Å². The van der Waals surface area contributed by atoms with Gasteiger partial charge >= 0.3 is 0 Å². The molecule has 0 aliphatic carbocycles. The fraction of sp³-hybridized carbons (Fsp3) is 0. The number of benzene rings is 22. The molecule has 0 fully saturated rings. The first-order valence-corrected chi connectivity index (χ1v) is 44.7. The van der Waals surface area contributed by atoms with Gasteiger partial charge in [0.2, 0.25) is 0 Å². The summed E-state index contributed by atoms with van der Waals surface area (Å²) in [4.78, 5) is 0. The lowest BCUT2D eigenvalue weighted by molar-refractivity contribution is 1.54. The summed E-state index contributed by atoms with van der Waals surface area (Å²) >= 11 is 5.63. The highest BCUT2D eigenvalue weighted by Gasteiger charge is 2.18. The Morgan fingerprint density at radius 2 is 0.492 bits per heavy atom. The van der Waals surface area contributed by atoms with Crippen molar-refractivity contribution in [2.24, 2.45) is 0 Å². The number of nitrogens with one attached hydrogen (secondary N) is 3. The molecule has 582 valence electrons. The van der Waals surface area contributed by atoms with Gasteiger partial charge in [-0.3, -0.25) is 0 Å². The third-order valence-electron chi connectivity index (χ3n) is 24.5. The first-order chi connectivity index (χ1) is 61.4. The molecule has 0 aliphatic heterocycles. The number of hydrogen-bond acceptors (Lipinski definition) is 6. The van der Waals surface area contributed by atoms with Gasteiger partial charge < -0.3 is 16.0 Å². The SMILES string of the molecule is c1cc(Nc2ccc(-c3ccc4c(c3)sc3ccc5ccccc5c34)cc2)cc(-c2cc3ccccc3c3ccccc23)c1.c1ccc(-c2cc(-c3ccccc3)c3cccc(Nc4ccc(-c5ccc6c(c5)sc5ccc7ccccc7c56)cc4)c3c2)cc1.c1ccc2c(Nc3ccc(-c4ccc5sc6ccc7ccccc7c6c5c4)cc3)cccc2c1. The summed E-state index contributed by atoms with van der Waals surface area (Å²) < 4.78 is 8.02. The van der Waals surface area contributed by atoms with Crippen molar-refractivity contribution in [3.8, 4) is 66.8 Å². The van der Waals surface area contributed by atoms with Crippen LogP contribution in [-0.4, -0.2) is 0 Å². The molecule has 3 N–H and O–H groups in total. The maximum atomic E-state index is 3.75. The molecule has 0 aliphatic rings. The molecule has 3 aromatic heterocycles. The molecule has 3 nitrogen and oxygen atoms in total. The van der Waals surface area contributed by atoms with Crippen LogP contribution in [0.3, 0.4) is 0 Å². The van der Waals surface area contributed by atoms with Gasteiger partial charge in [0.05, 0.1) is 0 Å². The third-order valence-corrected chi connectivity index (χ3v) is 27.9. The van der Waals surface area contributed by atoms with Crippen LogP contribution >= 0.6 is 34.0 Å². The lowest BCUT2D eigenvalue weighted by atomic mass is 9.92. The minimum Gasteiger partial charge on any atom is -0.356 e. The second kappa shape index (κ2) is 31.7. The zero-order chi connectivity index (χ0) is 82.0. The maximum Gasteiger partial charge on any atom is 0.0464 e. The van der Waals surface area contributed by atoms with E-state index in [1.165, 1.54) is 203 Å². The number of thiophene rings is 3. The molecule has 25 rings (SSSR count). The van der Waals surface area contributed by atoms with Crippen molar-refractivity contribution in [2.75, 3.05) is 16.0 Å². The molecular formula is C118H77N3S3. The number of fused-ring (bicyclic) bond motifs is 20. The quantitative estimate of drug-likeness (QED) is 0.107. The Bertz CT molecular complexity index is 8430. The Kier molecular flexibility index (Phi) is 18.9. The van der Waals surface area contributed by atoms with Crippen molar-refractivity contribution in [2.45, 2.75) is 0 Å². The second-order valence-corrected chi connectivity index (χ2v) is 35.2. The molecule has 22 aromatic carbocycles. The first-order valence-electron chi connectivity index (χ1n) is 42.2. The highest BCUT2D eigenvalue weighted by molar-refractivity contribution is 7.27. The van der Waals surface area contributed by atoms with Crippen molar-refractivity contribution in [3.63, 3.8) is 0 Å². The fourth-order valence-corrected chi connectivity index (χ4v) is 21.9. The van der Waals surface area contributed by atoms with Crippen molar-refractivity contribution < 1.29 is 0 Å². The topological polar surface area (TPSA) is 36.1 Å². The molecule has 0 saturated heterocycles. The number of rotatable bonds is 12. The summed E-state index contributed by atoms with van der Waals surface area (Å²) in [5, 5.41) is 37.0. The average molecular weight is 1630 g/mol. The van der Waals surface area contributed by atoms with Crippen LogP contribution in [0.1, 0.15) is 0 Å². The van der Waals surface area contributed by atoms with Gasteiger partial charge in [-0.05, 0) is 253 Å². The van der Waals surface area contributed by atoms with Gasteiger partial charge in [0.15, 0.2) is 0 Å². The third kappa shape index (κ3) is 13.9. The molecule has 0 atom stereocenters. The summed E-state index contributed by atoms with van der Waals surface area (Å²) in [5.41, 5.74) is 21.2. The standard InChI is InChI=1S/C44H29NS.C42H27NS.C32H21NS/c1-3-10-29(11-4-1)34-26-39(31-12-5-2-6-13-31)37-16-9-17-41(40(37)27-34)45-35-22-18-30(19-23-35)33-20-24-38-43(28-33)46-42-25-21-32-14-7-8-15-36(32)44(38)42;1-4-13-35-28(8-1)19-23-40-42(35)38-22-18-29(26-41(38)44-40)27-16-20-32(21-17-27)43-33-11-7-10-30(24-33)39-25-31-9-2-3-12-34(31)36-14-5-6-15-37(36)39;1-3-9-26-22(6-1)8-5-11-29(26)33-25-16-12-21(13-17-25)24-15-18-30-28(20-24)32-27-10-4-2-7-23(27)14-19-31(32)34-30/h1-28,45H;1-26,43H;1-20,33H. The van der Waals surface area contributed by atoms with Crippen molar-refractivity contribution in [3.05, 3.63) is 449 Å². The molecule has 0 saturated carbocycles. The van der Waals surface area contributed by atoms with E-state index < -0.39 is 0 Å². The summed E-state index contributed by atoms with van der Waals surface area (Å²) in [6, 6.07) is 162. The van der Waals surface area contributed by atoms with Gasteiger partial charge in [-0.2, -0.15) is 0 Å². The molecule has 0 bridgehead atoms. The molecule has 0 spiro atoms. The monoisotopic (exact) mass is 1630 g/mol. The Morgan fingerprint density at radius 3 is 1.06 bits per heavy atom. The molecule has 3 heterocycles. The van der Waals surface area contributed by atoms with Crippen LogP contribution in [0, 0.1) is 0 Å². The smallest absolute Gasteiger partial charge is 0.0464 e. The highest BCUT2D eigenvalue weighted by Crippen LogP contribution is 2.47. The average Bonchev–Trinajstić information content (AvgIpc) is 1.54. The number of anilines is 6. The summed E-state index contributed by atoms with van der Waals surface area (Å²) in [5.74, 6) is 0. The summed E-state index contributed by atoms with van der Waals surface area (Å²) in [6.45, 7) is 0. The van der Waals surface area contributed by atoms with E-state index >= 15 is 0 Å². The second-order valence-electron chi connectivity index (χ2n) is 32.0. The van der Waals surface area contributed by atoms with E-state index in [9.17, 15) is 0 Å². The van der Waals surface area contributed by atoms with E-state index in [2.05, 4.69) is 465 Å². The van der Waals surface area contributed by atoms with Gasteiger partial charge in [0, 0.05) is 105 Å². The molecule has 124 heavy (non-hydrogen) atoms. The minimum absolute atomic E-state index is 1.07. The molecule has 0 amide bonds. The van der Waals surface area contributed by atoms with Crippen LogP contribution in [0.2, 0.25) is 0 Å². The van der Waals surface area contributed by atoms with Crippen LogP contribution in [0.4, 0.5) is 34.1 Å². The Hall–Kier alpha value is -15.3. The fourth-order valence-electron chi connectivity index (χ4n) is 18.4. The predicted molar refractivity (Wildman–Crippen MR) is 542 cm³/mol. The van der Waals surface area contributed by atoms with E-state index in [1.54, 1.807) is 0 Å². The largest absolute Gasteiger partial charge is 0.356 e. The Balaban J connectivity index is 0.000000109. The first kappa shape index (κ1) is 73.8. The molecule has 0 unspecified atom stereocenters. The van der Waals surface area contributed by atoms with Crippen LogP contribution in [0.5, 0.6) is 0 Å². The molecule has 25 aromatic rings. The lowest BCUT2D eigenvalue weighted by Crippen LogP contribution is -1.93. The number of hydrogen-bond donors (Lipinski definition) is 3. The molecule has 0 radical (unpaired) electrons. The summed E-state index contributed by atoms with van der Waals surface area (Å²) in [6.07, 6.45) is 0. The van der Waals surface area contributed by atoms with E-state index in [-0.39, 0.29) is 0 Å². The van der Waals surface area contributed by atoms with Gasteiger partial charge in [0.25, 0.3) is 0 Å². The predicted octanol–water partition coefficient (Wildman–Crippen LogP) is 35.5. The minimum atomic E-state index is 1.07. The van der Waals surface area contributed by atoms with E-state index in [1.807, 2.05) is 34.0 Å².